The molecule has 3 aromatic rings. The van der Waals surface area contributed by atoms with E-state index in [4.69, 9.17) is 14.7 Å². The molecule has 11 nitrogen and oxygen atoms in total. The van der Waals surface area contributed by atoms with Gasteiger partial charge in [0.25, 0.3) is 0 Å². The van der Waals surface area contributed by atoms with Crippen LogP contribution in [0.3, 0.4) is 0 Å². The molecule has 5 N–H and O–H groups in total. The Hall–Kier alpha value is -3.29. The quantitative estimate of drug-likeness (QED) is 0.0769. The van der Waals surface area contributed by atoms with Gasteiger partial charge in [-0.15, -0.1) is 0 Å². The summed E-state index contributed by atoms with van der Waals surface area (Å²) < 4.78 is 12.7. The zero-order valence-corrected chi connectivity index (χ0v) is 23.6. The molecule has 2 amide bonds. The number of amides is 2. The normalized spacial score (nSPS) is 18.6. The van der Waals surface area contributed by atoms with Crippen LogP contribution in [-0.4, -0.2) is 49.2 Å². The number of ether oxygens (including phenoxy) is 2. The van der Waals surface area contributed by atoms with Crippen molar-refractivity contribution in [2.45, 2.75) is 81.8 Å². The van der Waals surface area contributed by atoms with E-state index in [0.717, 1.165) is 46.7 Å². The summed E-state index contributed by atoms with van der Waals surface area (Å²) in [5.41, 5.74) is 5.36. The van der Waals surface area contributed by atoms with Crippen LogP contribution < -0.4 is 10.8 Å². The second-order valence-electron chi connectivity index (χ2n) is 9.92. The van der Waals surface area contributed by atoms with Gasteiger partial charge in [-0.05, 0) is 29.5 Å². The van der Waals surface area contributed by atoms with Crippen LogP contribution in [0.15, 0.2) is 60.0 Å². The molecule has 3 atom stereocenters. The summed E-state index contributed by atoms with van der Waals surface area (Å²) in [5.74, 6) is 0.288. The van der Waals surface area contributed by atoms with Crippen LogP contribution in [0.1, 0.15) is 79.6 Å². The number of hydrogen-bond donors (Lipinski definition) is 5. The Bertz CT molecular complexity index is 1210. The molecule has 41 heavy (non-hydrogen) atoms. The Morgan fingerprint density at radius 3 is 2.27 bits per heavy atom. The van der Waals surface area contributed by atoms with Crippen molar-refractivity contribution in [3.05, 3.63) is 77.1 Å². The number of unbranched alkanes of at least 4 members (excludes halogenated alkanes) is 3. The fraction of sp³-hybridized carbons (Fsp3) is 0.448. The van der Waals surface area contributed by atoms with E-state index in [1.54, 1.807) is 17.2 Å². The fourth-order valence-electron chi connectivity index (χ4n) is 4.52. The summed E-state index contributed by atoms with van der Waals surface area (Å²) in [6.45, 7) is 0.423. The van der Waals surface area contributed by atoms with Gasteiger partial charge in [-0.3, -0.25) is 19.9 Å². The van der Waals surface area contributed by atoms with Gasteiger partial charge >= 0.3 is 0 Å². The number of nitrogens with zero attached hydrogens (tertiary/aromatic N) is 2. The lowest BCUT2D eigenvalue weighted by Gasteiger charge is -2.36. The van der Waals surface area contributed by atoms with E-state index in [0.29, 0.717) is 31.6 Å². The Morgan fingerprint density at radius 2 is 1.61 bits per heavy atom. The number of hydroxylamine groups is 1. The lowest BCUT2D eigenvalue weighted by molar-refractivity contribution is -0.245. The Kier molecular flexibility index (Phi) is 12.1. The van der Waals surface area contributed by atoms with Crippen molar-refractivity contribution in [2.24, 2.45) is 0 Å². The van der Waals surface area contributed by atoms with Crippen molar-refractivity contribution in [3.63, 3.8) is 0 Å². The largest absolute Gasteiger partial charge is 0.392 e. The van der Waals surface area contributed by atoms with Crippen LogP contribution in [0.4, 0.5) is 0 Å². The van der Waals surface area contributed by atoms with Gasteiger partial charge in [0.1, 0.15) is 6.33 Å². The van der Waals surface area contributed by atoms with Crippen molar-refractivity contribution >= 4 is 23.6 Å². The van der Waals surface area contributed by atoms with Gasteiger partial charge in [0, 0.05) is 37.1 Å². The fourth-order valence-corrected chi connectivity index (χ4v) is 5.32. The molecular formula is C29H37N5O6S. The molecule has 1 aliphatic heterocycles. The maximum Gasteiger partial charge on any atom is 0.243 e. The molecule has 2 aromatic carbocycles. The first-order chi connectivity index (χ1) is 20.0. The van der Waals surface area contributed by atoms with Gasteiger partial charge < -0.3 is 19.9 Å². The van der Waals surface area contributed by atoms with Crippen molar-refractivity contribution < 1.29 is 29.4 Å². The molecule has 0 spiro atoms. The highest BCUT2D eigenvalue weighted by Gasteiger charge is 2.32. The van der Waals surface area contributed by atoms with Gasteiger partial charge in [0.15, 0.2) is 11.4 Å². The molecule has 220 valence electrons. The van der Waals surface area contributed by atoms with Gasteiger partial charge in [0.2, 0.25) is 11.8 Å². The molecule has 0 saturated carbocycles. The van der Waals surface area contributed by atoms with Crippen LogP contribution in [0, 0.1) is 0 Å². The number of carbonyl (C=O) groups excluding carboxylic acids is 2. The zero-order chi connectivity index (χ0) is 28.9. The van der Waals surface area contributed by atoms with Crippen molar-refractivity contribution in [2.75, 3.05) is 5.75 Å². The molecule has 0 bridgehead atoms. The van der Waals surface area contributed by atoms with E-state index >= 15 is 0 Å². The van der Waals surface area contributed by atoms with Crippen molar-refractivity contribution in [1.82, 2.24) is 26.0 Å². The number of carbonyl (C=O) groups is 2. The number of hydrogen-bond acceptors (Lipinski definition) is 9. The lowest BCUT2D eigenvalue weighted by Crippen LogP contribution is -2.31. The summed E-state index contributed by atoms with van der Waals surface area (Å²) in [7, 11) is 0. The minimum atomic E-state index is -0.557. The highest BCUT2D eigenvalue weighted by atomic mass is 32.2. The first kappa shape index (κ1) is 30.7. The number of thioether (sulfide) groups is 1. The van der Waals surface area contributed by atoms with Crippen molar-refractivity contribution in [1.29, 1.82) is 0 Å². The van der Waals surface area contributed by atoms with E-state index in [-0.39, 0.29) is 37.0 Å². The molecule has 1 saturated heterocycles. The minimum Gasteiger partial charge on any atom is -0.392 e. The molecular weight excluding hydrogens is 546 g/mol. The topological polar surface area (TPSA) is 159 Å². The minimum absolute atomic E-state index is 0.00577. The molecule has 0 aliphatic carbocycles. The average Bonchev–Trinajstić information content (AvgIpc) is 3.54. The Labute approximate surface area is 243 Å². The van der Waals surface area contributed by atoms with Gasteiger partial charge in [-0.2, -0.15) is 5.10 Å². The van der Waals surface area contributed by atoms with E-state index in [2.05, 4.69) is 20.5 Å². The van der Waals surface area contributed by atoms with E-state index in [9.17, 15) is 14.7 Å². The molecule has 1 aromatic heterocycles. The second-order valence-corrected chi connectivity index (χ2v) is 10.9. The molecule has 0 unspecified atom stereocenters. The van der Waals surface area contributed by atoms with Crippen LogP contribution in [0.2, 0.25) is 0 Å². The number of aliphatic hydroxyl groups excluding tert-OH is 1. The lowest BCUT2D eigenvalue weighted by atomic mass is 10.0. The first-order valence-corrected chi connectivity index (χ1v) is 14.8. The second kappa shape index (κ2) is 16.2. The predicted octanol–water partition coefficient (Wildman–Crippen LogP) is 4.10. The number of rotatable bonds is 15. The number of H-pyrrole nitrogens is 1. The predicted molar refractivity (Wildman–Crippen MR) is 151 cm³/mol. The van der Waals surface area contributed by atoms with Crippen LogP contribution >= 0.6 is 11.8 Å². The number of aromatic nitrogens is 3. The first-order valence-electron chi connectivity index (χ1n) is 13.8. The van der Waals surface area contributed by atoms with Crippen LogP contribution in [0.25, 0.3) is 0 Å². The average molecular weight is 584 g/mol. The Morgan fingerprint density at radius 1 is 0.927 bits per heavy atom. The third-order valence-corrected chi connectivity index (χ3v) is 7.85. The van der Waals surface area contributed by atoms with Gasteiger partial charge in [0.05, 0.1) is 18.8 Å². The van der Waals surface area contributed by atoms with Crippen molar-refractivity contribution in [3.8, 4) is 0 Å². The number of aliphatic hydroxyl groups is 1. The highest BCUT2D eigenvalue weighted by Crippen LogP contribution is 2.39. The van der Waals surface area contributed by atoms with Crippen LogP contribution in [0.5, 0.6) is 0 Å². The monoisotopic (exact) mass is 583 g/mol. The van der Waals surface area contributed by atoms with Crippen LogP contribution in [-0.2, 0) is 32.2 Å². The molecule has 1 fully saturated rings. The molecule has 1 aliphatic rings. The van der Waals surface area contributed by atoms with E-state index < -0.39 is 6.29 Å². The maximum atomic E-state index is 12.2. The van der Waals surface area contributed by atoms with Gasteiger partial charge in [-0.25, -0.2) is 10.5 Å². The summed E-state index contributed by atoms with van der Waals surface area (Å²) >= 11 is 1.55. The number of benzene rings is 2. The zero-order valence-electron chi connectivity index (χ0n) is 22.8. The Balaban J connectivity index is 1.29. The highest BCUT2D eigenvalue weighted by molar-refractivity contribution is 7.99. The third-order valence-electron chi connectivity index (χ3n) is 6.84. The SMILES string of the molecule is O=C(CCCCCCC(=O)NCc1ccc([C@@H]2O[C@H](CSc3ncn[nH]3)C[C@H](c3ccc(CO)cc3)O2)cc1)NO. The smallest absolute Gasteiger partial charge is 0.243 e. The standard InChI is InChI=1S/C29H37N5O6S/c35-17-21-9-11-22(12-10-21)25-15-24(18-41-29-31-19-32-33-29)39-28(40-25)23-13-7-20(8-14-23)16-30-26(36)5-3-1-2-4-6-27(37)34-38/h7-14,19,24-25,28,35,38H,1-6,15-18H2,(H,30,36)(H,34,37)(H,31,32,33)/t24-,25+,28+/m0/s1. The van der Waals surface area contributed by atoms with Gasteiger partial charge in [-0.1, -0.05) is 73.1 Å². The van der Waals surface area contributed by atoms with E-state index in [1.807, 2.05) is 48.5 Å². The molecule has 12 heteroatoms. The third kappa shape index (κ3) is 9.94. The summed E-state index contributed by atoms with van der Waals surface area (Å²) in [6.07, 6.45) is 5.19. The van der Waals surface area contributed by atoms with E-state index in [1.165, 1.54) is 6.33 Å². The summed E-state index contributed by atoms with van der Waals surface area (Å²) in [6, 6.07) is 15.6. The summed E-state index contributed by atoms with van der Waals surface area (Å²) in [4.78, 5) is 27.4. The molecule has 2 heterocycles. The number of aromatic amines is 1. The maximum absolute atomic E-state index is 12.2. The number of nitrogens with one attached hydrogen (secondary N) is 3. The summed E-state index contributed by atoms with van der Waals surface area (Å²) in [5, 5.41) is 28.4. The molecule has 4 rings (SSSR count). The molecule has 0 radical (unpaired) electrons.